The van der Waals surface area contributed by atoms with Crippen molar-refractivity contribution < 1.29 is 17.9 Å². The Kier molecular flexibility index (Phi) is 3.28. The Labute approximate surface area is 83.8 Å². The van der Waals surface area contributed by atoms with Crippen LogP contribution in [0.4, 0.5) is 13.2 Å². The van der Waals surface area contributed by atoms with Gasteiger partial charge in [-0.3, -0.25) is 0 Å². The number of halogens is 3. The maximum atomic E-state index is 11.8. The van der Waals surface area contributed by atoms with Crippen LogP contribution in [-0.2, 0) is 0 Å². The van der Waals surface area contributed by atoms with Gasteiger partial charge < -0.3 is 4.74 Å². The molecule has 0 bridgehead atoms. The van der Waals surface area contributed by atoms with E-state index in [0.29, 0.717) is 5.56 Å². The molecule has 0 spiro atoms. The van der Waals surface area contributed by atoms with Crippen LogP contribution in [0.2, 0.25) is 0 Å². The van der Waals surface area contributed by atoms with Crippen LogP contribution in [0.5, 0.6) is 5.75 Å². The molecule has 0 fully saturated rings. The van der Waals surface area contributed by atoms with Gasteiger partial charge in [0.25, 0.3) is 0 Å². The van der Waals surface area contributed by atoms with E-state index in [1.54, 1.807) is 0 Å². The standard InChI is InChI=1S/C9H8F3NO2/c1-6(13-14)7-3-2-4-8(5-7)15-9(10,11)12/h2-6H,1H3. The molecular weight excluding hydrogens is 211 g/mol. The summed E-state index contributed by atoms with van der Waals surface area (Å²) in [6.07, 6.45) is -4.73. The first-order chi connectivity index (χ1) is 6.92. The van der Waals surface area contributed by atoms with Crippen molar-refractivity contribution in [3.63, 3.8) is 0 Å². The summed E-state index contributed by atoms with van der Waals surface area (Å²) >= 11 is 0. The second kappa shape index (κ2) is 4.29. The first-order valence-electron chi connectivity index (χ1n) is 4.10. The van der Waals surface area contributed by atoms with Crippen molar-refractivity contribution in [3.05, 3.63) is 34.7 Å². The minimum Gasteiger partial charge on any atom is -0.406 e. The average molecular weight is 219 g/mol. The zero-order valence-electron chi connectivity index (χ0n) is 7.78. The van der Waals surface area contributed by atoms with Gasteiger partial charge in [-0.1, -0.05) is 17.3 Å². The number of alkyl halides is 3. The predicted octanol–water partition coefficient (Wildman–Crippen LogP) is 3.41. The van der Waals surface area contributed by atoms with E-state index in [4.69, 9.17) is 0 Å². The molecule has 0 radical (unpaired) electrons. The largest absolute Gasteiger partial charge is 0.573 e. The van der Waals surface area contributed by atoms with Gasteiger partial charge in [-0.05, 0) is 24.6 Å². The summed E-state index contributed by atoms with van der Waals surface area (Å²) in [7, 11) is 0. The van der Waals surface area contributed by atoms with Gasteiger partial charge in [0, 0.05) is 0 Å². The molecule has 0 saturated carbocycles. The first kappa shape index (κ1) is 11.5. The molecule has 1 atom stereocenters. The monoisotopic (exact) mass is 219 g/mol. The minimum absolute atomic E-state index is 0.351. The second-order valence-electron chi connectivity index (χ2n) is 2.90. The van der Waals surface area contributed by atoms with E-state index in [0.717, 1.165) is 12.1 Å². The fraction of sp³-hybridized carbons (Fsp3) is 0.333. The van der Waals surface area contributed by atoms with Crippen molar-refractivity contribution in [2.75, 3.05) is 0 Å². The summed E-state index contributed by atoms with van der Waals surface area (Å²) in [5.41, 5.74) is 0.381. The Balaban J connectivity index is 2.88. The Morgan fingerprint density at radius 2 is 2.07 bits per heavy atom. The fourth-order valence-corrected chi connectivity index (χ4v) is 1.03. The van der Waals surface area contributed by atoms with Crippen LogP contribution in [0.25, 0.3) is 0 Å². The van der Waals surface area contributed by atoms with Gasteiger partial charge in [0.2, 0.25) is 0 Å². The van der Waals surface area contributed by atoms with Crippen molar-refractivity contribution in [2.45, 2.75) is 19.3 Å². The molecule has 0 aliphatic rings. The maximum Gasteiger partial charge on any atom is 0.573 e. The van der Waals surface area contributed by atoms with Crippen LogP contribution in [-0.4, -0.2) is 6.36 Å². The van der Waals surface area contributed by atoms with Crippen LogP contribution in [0.3, 0.4) is 0 Å². The summed E-state index contributed by atoms with van der Waals surface area (Å²) in [4.78, 5) is 10.2. The third-order valence-corrected chi connectivity index (χ3v) is 1.73. The highest BCUT2D eigenvalue weighted by Gasteiger charge is 2.31. The molecule has 1 unspecified atom stereocenters. The van der Waals surface area contributed by atoms with Crippen molar-refractivity contribution in [2.24, 2.45) is 5.18 Å². The molecule has 1 aromatic carbocycles. The molecule has 6 heteroatoms. The van der Waals surface area contributed by atoms with E-state index >= 15 is 0 Å². The topological polar surface area (TPSA) is 38.7 Å². The molecule has 1 rings (SSSR count). The Hall–Kier alpha value is -1.59. The number of nitroso groups, excluding NO2 is 1. The first-order valence-corrected chi connectivity index (χ1v) is 4.10. The summed E-state index contributed by atoms with van der Waals surface area (Å²) in [5.74, 6) is -0.351. The highest BCUT2D eigenvalue weighted by atomic mass is 19.4. The van der Waals surface area contributed by atoms with Crippen molar-refractivity contribution in [3.8, 4) is 5.75 Å². The highest BCUT2D eigenvalue weighted by molar-refractivity contribution is 5.30. The molecule has 0 heterocycles. The van der Waals surface area contributed by atoms with Crippen LogP contribution in [0, 0.1) is 4.91 Å². The van der Waals surface area contributed by atoms with Gasteiger partial charge in [0.15, 0.2) is 0 Å². The predicted molar refractivity (Wildman–Crippen MR) is 47.3 cm³/mol. The summed E-state index contributed by atoms with van der Waals surface area (Å²) < 4.78 is 39.2. The van der Waals surface area contributed by atoms with Gasteiger partial charge in [0.1, 0.15) is 11.8 Å². The van der Waals surface area contributed by atoms with Crippen molar-refractivity contribution in [1.82, 2.24) is 0 Å². The third kappa shape index (κ3) is 3.57. The Morgan fingerprint density at radius 3 is 2.60 bits per heavy atom. The molecule has 1 aromatic rings. The second-order valence-corrected chi connectivity index (χ2v) is 2.90. The lowest BCUT2D eigenvalue weighted by Crippen LogP contribution is -2.17. The zero-order chi connectivity index (χ0) is 11.5. The van der Waals surface area contributed by atoms with Gasteiger partial charge in [0.05, 0.1) is 0 Å². The van der Waals surface area contributed by atoms with Crippen molar-refractivity contribution >= 4 is 0 Å². The van der Waals surface area contributed by atoms with E-state index in [-0.39, 0.29) is 5.75 Å². The fourth-order valence-electron chi connectivity index (χ4n) is 1.03. The zero-order valence-corrected chi connectivity index (χ0v) is 7.78. The average Bonchev–Trinajstić information content (AvgIpc) is 2.14. The Morgan fingerprint density at radius 1 is 1.40 bits per heavy atom. The van der Waals surface area contributed by atoms with E-state index in [2.05, 4.69) is 9.91 Å². The number of hydrogen-bond donors (Lipinski definition) is 0. The van der Waals surface area contributed by atoms with Crippen LogP contribution in [0.15, 0.2) is 29.4 Å². The molecule has 15 heavy (non-hydrogen) atoms. The molecule has 0 saturated heterocycles. The van der Waals surface area contributed by atoms with Gasteiger partial charge in [-0.15, -0.1) is 13.2 Å². The van der Waals surface area contributed by atoms with Crippen LogP contribution >= 0.6 is 0 Å². The molecule has 0 amide bonds. The SMILES string of the molecule is CC(N=O)c1cccc(OC(F)(F)F)c1. The quantitative estimate of drug-likeness (QED) is 0.730. The maximum absolute atomic E-state index is 11.8. The summed E-state index contributed by atoms with van der Waals surface area (Å²) in [6, 6.07) is 4.49. The van der Waals surface area contributed by atoms with Gasteiger partial charge >= 0.3 is 6.36 Å². The third-order valence-electron chi connectivity index (χ3n) is 1.73. The van der Waals surface area contributed by atoms with E-state index < -0.39 is 12.4 Å². The number of rotatable bonds is 3. The normalized spacial score (nSPS) is 13.3. The lowest BCUT2D eigenvalue weighted by Gasteiger charge is -2.10. The van der Waals surface area contributed by atoms with E-state index in [1.807, 2.05) is 0 Å². The molecule has 0 aromatic heterocycles. The molecule has 0 N–H and O–H groups in total. The summed E-state index contributed by atoms with van der Waals surface area (Å²) in [5, 5.41) is 2.71. The molecule has 0 aliphatic carbocycles. The number of nitrogens with zero attached hydrogens (tertiary/aromatic N) is 1. The molecule has 0 aliphatic heterocycles. The number of ether oxygens (including phenoxy) is 1. The number of hydrogen-bond acceptors (Lipinski definition) is 3. The lowest BCUT2D eigenvalue weighted by molar-refractivity contribution is -0.274. The number of benzene rings is 1. The van der Waals surface area contributed by atoms with E-state index in [1.165, 1.54) is 19.1 Å². The van der Waals surface area contributed by atoms with Crippen molar-refractivity contribution in [1.29, 1.82) is 0 Å². The molecular formula is C9H8F3NO2. The molecule has 82 valence electrons. The highest BCUT2D eigenvalue weighted by Crippen LogP contribution is 2.26. The minimum atomic E-state index is -4.73. The van der Waals surface area contributed by atoms with Gasteiger partial charge in [-0.2, -0.15) is 4.91 Å². The van der Waals surface area contributed by atoms with Crippen LogP contribution < -0.4 is 4.74 Å². The molecule has 3 nitrogen and oxygen atoms in total. The van der Waals surface area contributed by atoms with Gasteiger partial charge in [-0.25, -0.2) is 0 Å². The Bertz CT molecular complexity index is 351. The summed E-state index contributed by atoms with van der Waals surface area (Å²) in [6.45, 7) is 1.49. The smallest absolute Gasteiger partial charge is 0.406 e. The van der Waals surface area contributed by atoms with Crippen LogP contribution in [0.1, 0.15) is 18.5 Å². The van der Waals surface area contributed by atoms with E-state index in [9.17, 15) is 18.1 Å². The lowest BCUT2D eigenvalue weighted by atomic mass is 10.1.